The summed E-state index contributed by atoms with van der Waals surface area (Å²) in [5.41, 5.74) is 3.43. The highest BCUT2D eigenvalue weighted by atomic mass is 16.3. The normalized spacial score (nSPS) is 10.6. The molecule has 0 aliphatic carbocycles. The third-order valence-corrected chi connectivity index (χ3v) is 2.97. The Morgan fingerprint density at radius 2 is 2.06 bits per heavy atom. The number of fused-ring (bicyclic) bond motifs is 1. The van der Waals surface area contributed by atoms with Gasteiger partial charge >= 0.3 is 0 Å². The van der Waals surface area contributed by atoms with Crippen LogP contribution in [0.25, 0.3) is 16.3 Å². The van der Waals surface area contributed by atoms with Gasteiger partial charge in [-0.25, -0.2) is 0 Å². The minimum absolute atomic E-state index is 0.323. The average Bonchev–Trinajstić information content (AvgIpc) is 2.26. The van der Waals surface area contributed by atoms with Gasteiger partial charge in [-0.15, -0.1) is 0 Å². The van der Waals surface area contributed by atoms with Gasteiger partial charge in [0.15, 0.2) is 0 Å². The summed E-state index contributed by atoms with van der Waals surface area (Å²) in [6.07, 6.45) is 0.944. The Kier molecular flexibility index (Phi) is 2.69. The molecule has 16 heavy (non-hydrogen) atoms. The van der Waals surface area contributed by atoms with Crippen LogP contribution in [-0.2, 0) is 0 Å². The van der Waals surface area contributed by atoms with Gasteiger partial charge in [-0.1, -0.05) is 31.7 Å². The molecule has 0 aliphatic heterocycles. The molecule has 2 aromatic carbocycles. The number of rotatable bonds is 2. The molecule has 1 heteroatoms. The van der Waals surface area contributed by atoms with E-state index in [4.69, 9.17) is 0 Å². The van der Waals surface area contributed by atoms with E-state index in [0.29, 0.717) is 5.75 Å². The third-order valence-electron chi connectivity index (χ3n) is 2.97. The van der Waals surface area contributed by atoms with Gasteiger partial charge in [0.25, 0.3) is 0 Å². The van der Waals surface area contributed by atoms with E-state index >= 15 is 0 Å². The van der Waals surface area contributed by atoms with E-state index in [1.807, 2.05) is 19.1 Å². The molecule has 0 aromatic heterocycles. The quantitative estimate of drug-likeness (QED) is 0.787. The maximum atomic E-state index is 9.58. The Morgan fingerprint density at radius 1 is 1.31 bits per heavy atom. The standard InChI is InChI=1S/C15H16O/c1-4-10(2)14-7-5-6-12-9-13(16)8-11(3)15(12)14/h5-9,16H,2,4H2,1,3H3. The van der Waals surface area contributed by atoms with E-state index in [2.05, 4.69) is 19.6 Å². The molecule has 0 radical (unpaired) electrons. The van der Waals surface area contributed by atoms with Gasteiger partial charge in [0.2, 0.25) is 0 Å². The van der Waals surface area contributed by atoms with Gasteiger partial charge in [0.1, 0.15) is 5.75 Å². The molecule has 0 spiro atoms. The first-order valence-electron chi connectivity index (χ1n) is 5.54. The van der Waals surface area contributed by atoms with Crippen molar-refractivity contribution >= 4 is 16.3 Å². The van der Waals surface area contributed by atoms with Gasteiger partial charge in [-0.05, 0) is 52.9 Å². The zero-order chi connectivity index (χ0) is 11.7. The summed E-state index contributed by atoms with van der Waals surface area (Å²) in [7, 11) is 0. The molecule has 0 saturated heterocycles. The van der Waals surface area contributed by atoms with Crippen LogP contribution >= 0.6 is 0 Å². The zero-order valence-corrected chi connectivity index (χ0v) is 9.75. The lowest BCUT2D eigenvalue weighted by molar-refractivity contribution is 0.476. The van der Waals surface area contributed by atoms with Crippen molar-refractivity contribution in [3.63, 3.8) is 0 Å². The van der Waals surface area contributed by atoms with Gasteiger partial charge in [0, 0.05) is 0 Å². The molecule has 1 nitrogen and oxygen atoms in total. The van der Waals surface area contributed by atoms with Crippen LogP contribution in [0, 0.1) is 6.92 Å². The van der Waals surface area contributed by atoms with Crippen LogP contribution in [0.2, 0.25) is 0 Å². The highest BCUT2D eigenvalue weighted by Gasteiger charge is 2.06. The van der Waals surface area contributed by atoms with E-state index in [-0.39, 0.29) is 0 Å². The number of hydrogen-bond donors (Lipinski definition) is 1. The number of allylic oxidation sites excluding steroid dienone is 1. The molecular weight excluding hydrogens is 196 g/mol. The molecule has 1 N–H and O–H groups in total. The Hall–Kier alpha value is -1.76. The largest absolute Gasteiger partial charge is 0.508 e. The SMILES string of the molecule is C=C(CC)c1cccc2cc(O)cc(C)c12. The fourth-order valence-electron chi connectivity index (χ4n) is 2.11. The summed E-state index contributed by atoms with van der Waals surface area (Å²) in [5.74, 6) is 0.323. The highest BCUT2D eigenvalue weighted by molar-refractivity contribution is 5.96. The van der Waals surface area contributed by atoms with Crippen molar-refractivity contribution in [2.75, 3.05) is 0 Å². The lowest BCUT2D eigenvalue weighted by Crippen LogP contribution is -1.87. The van der Waals surface area contributed by atoms with Crippen LogP contribution in [0.3, 0.4) is 0 Å². The smallest absolute Gasteiger partial charge is 0.116 e. The summed E-state index contributed by atoms with van der Waals surface area (Å²) in [5, 5.41) is 11.9. The minimum Gasteiger partial charge on any atom is -0.508 e. The maximum Gasteiger partial charge on any atom is 0.116 e. The molecule has 0 fully saturated rings. The lowest BCUT2D eigenvalue weighted by atomic mass is 9.94. The first-order valence-corrected chi connectivity index (χ1v) is 5.54. The van der Waals surface area contributed by atoms with E-state index in [1.165, 1.54) is 10.9 Å². The molecule has 82 valence electrons. The van der Waals surface area contributed by atoms with Crippen LogP contribution in [0.1, 0.15) is 24.5 Å². The van der Waals surface area contributed by atoms with Crippen molar-refractivity contribution in [3.8, 4) is 5.75 Å². The van der Waals surface area contributed by atoms with Crippen LogP contribution in [-0.4, -0.2) is 5.11 Å². The fourth-order valence-corrected chi connectivity index (χ4v) is 2.11. The molecule has 0 atom stereocenters. The molecule has 0 saturated carbocycles. The Balaban J connectivity index is 2.81. The van der Waals surface area contributed by atoms with Crippen LogP contribution in [0.5, 0.6) is 5.75 Å². The Labute approximate surface area is 96.0 Å². The van der Waals surface area contributed by atoms with Crippen molar-refractivity contribution in [1.29, 1.82) is 0 Å². The molecule has 0 heterocycles. The molecule has 2 aromatic rings. The molecule has 2 rings (SSSR count). The second-order valence-corrected chi connectivity index (χ2v) is 4.12. The van der Waals surface area contributed by atoms with Crippen molar-refractivity contribution in [1.82, 2.24) is 0 Å². The number of phenols is 1. The van der Waals surface area contributed by atoms with Crippen molar-refractivity contribution < 1.29 is 5.11 Å². The topological polar surface area (TPSA) is 20.2 Å². The third kappa shape index (κ3) is 1.69. The first-order chi connectivity index (χ1) is 7.63. The summed E-state index contributed by atoms with van der Waals surface area (Å²) in [6.45, 7) is 8.22. The van der Waals surface area contributed by atoms with Gasteiger partial charge < -0.3 is 5.11 Å². The van der Waals surface area contributed by atoms with E-state index in [1.54, 1.807) is 12.1 Å². The van der Waals surface area contributed by atoms with Crippen LogP contribution in [0.4, 0.5) is 0 Å². The summed E-state index contributed by atoms with van der Waals surface area (Å²) < 4.78 is 0. The number of benzene rings is 2. The molecular formula is C15H16O. The van der Waals surface area contributed by atoms with E-state index in [9.17, 15) is 5.11 Å². The number of hydrogen-bond acceptors (Lipinski definition) is 1. The second-order valence-electron chi connectivity index (χ2n) is 4.12. The Bertz CT molecular complexity index is 553. The monoisotopic (exact) mass is 212 g/mol. The number of aromatic hydroxyl groups is 1. The second kappa shape index (κ2) is 4.01. The summed E-state index contributed by atoms with van der Waals surface area (Å²) in [6, 6.07) is 9.73. The highest BCUT2D eigenvalue weighted by Crippen LogP contribution is 2.31. The number of aryl methyl sites for hydroxylation is 1. The summed E-state index contributed by atoms with van der Waals surface area (Å²) >= 11 is 0. The van der Waals surface area contributed by atoms with Gasteiger partial charge in [0.05, 0.1) is 0 Å². The fraction of sp³-hybridized carbons (Fsp3) is 0.200. The molecule has 0 bridgehead atoms. The minimum atomic E-state index is 0.323. The predicted octanol–water partition coefficient (Wildman–Crippen LogP) is 4.28. The van der Waals surface area contributed by atoms with Gasteiger partial charge in [-0.3, -0.25) is 0 Å². The molecule has 0 unspecified atom stereocenters. The molecule has 0 aliphatic rings. The van der Waals surface area contributed by atoms with Crippen molar-refractivity contribution in [3.05, 3.63) is 48.0 Å². The lowest BCUT2D eigenvalue weighted by Gasteiger charge is -2.11. The van der Waals surface area contributed by atoms with Crippen molar-refractivity contribution in [2.24, 2.45) is 0 Å². The average molecular weight is 212 g/mol. The first kappa shape index (κ1) is 10.7. The maximum absolute atomic E-state index is 9.58. The zero-order valence-electron chi connectivity index (χ0n) is 9.75. The Morgan fingerprint density at radius 3 is 2.75 bits per heavy atom. The summed E-state index contributed by atoms with van der Waals surface area (Å²) in [4.78, 5) is 0. The van der Waals surface area contributed by atoms with Crippen molar-refractivity contribution in [2.45, 2.75) is 20.3 Å². The van der Waals surface area contributed by atoms with Crippen LogP contribution in [0.15, 0.2) is 36.9 Å². The predicted molar refractivity (Wildman–Crippen MR) is 69.7 cm³/mol. The van der Waals surface area contributed by atoms with E-state index < -0.39 is 0 Å². The van der Waals surface area contributed by atoms with E-state index in [0.717, 1.165) is 22.9 Å². The van der Waals surface area contributed by atoms with Crippen LogP contribution < -0.4 is 0 Å². The van der Waals surface area contributed by atoms with Gasteiger partial charge in [-0.2, -0.15) is 0 Å². The number of phenolic OH excluding ortho intramolecular Hbond substituents is 1. The molecule has 0 amide bonds.